The van der Waals surface area contributed by atoms with Gasteiger partial charge in [0.1, 0.15) is 12.3 Å². The summed E-state index contributed by atoms with van der Waals surface area (Å²) in [4.78, 5) is 0. The first-order chi connectivity index (χ1) is 8.21. The Morgan fingerprint density at radius 1 is 1.06 bits per heavy atom. The number of nitrogens with zero attached hydrogens (tertiary/aromatic N) is 2. The molecule has 0 atom stereocenters. The van der Waals surface area contributed by atoms with Crippen molar-refractivity contribution in [3.05, 3.63) is 35.9 Å². The first-order valence-electron chi connectivity index (χ1n) is 6.32. The maximum atomic E-state index is 9.21. The minimum atomic E-state index is 0. The lowest BCUT2D eigenvalue weighted by Gasteiger charge is -2.35. The highest BCUT2D eigenvalue weighted by molar-refractivity contribution is 6.01. The molecule has 1 aromatic rings. The number of oxime groups is 1. The van der Waals surface area contributed by atoms with Gasteiger partial charge >= 0.3 is 0 Å². The molecule has 0 heterocycles. The smallest absolute Gasteiger partial charge is 0.141 e. The molecule has 0 spiro atoms. The fourth-order valence-corrected chi connectivity index (χ4v) is 2.14. The van der Waals surface area contributed by atoms with Gasteiger partial charge in [0.15, 0.2) is 0 Å². The molecule has 18 heavy (non-hydrogen) atoms. The molecule has 102 valence electrons. The molecule has 0 aromatic heterocycles. The van der Waals surface area contributed by atoms with Gasteiger partial charge in [0.05, 0.1) is 19.6 Å². The molecular formula is C14H23BrN2O. The van der Waals surface area contributed by atoms with Crippen LogP contribution in [0.3, 0.4) is 0 Å². The largest absolute Gasteiger partial charge is 1.00 e. The van der Waals surface area contributed by atoms with Crippen LogP contribution in [-0.2, 0) is 0 Å². The van der Waals surface area contributed by atoms with Crippen molar-refractivity contribution in [3.8, 4) is 0 Å². The van der Waals surface area contributed by atoms with E-state index in [1.165, 1.54) is 0 Å². The molecule has 0 saturated carbocycles. The Bertz CT molecular complexity index is 353. The number of rotatable bonds is 6. The van der Waals surface area contributed by atoms with E-state index in [4.69, 9.17) is 0 Å². The number of hydrogen-bond donors (Lipinski definition) is 1. The molecular weight excluding hydrogens is 292 g/mol. The van der Waals surface area contributed by atoms with Crippen LogP contribution < -0.4 is 17.0 Å². The van der Waals surface area contributed by atoms with Gasteiger partial charge in [-0.3, -0.25) is 0 Å². The van der Waals surface area contributed by atoms with Crippen LogP contribution in [0.4, 0.5) is 0 Å². The second-order valence-corrected chi connectivity index (χ2v) is 4.36. The van der Waals surface area contributed by atoms with E-state index in [-0.39, 0.29) is 17.0 Å². The quantitative estimate of drug-likeness (QED) is 0.334. The molecule has 1 N–H and O–H groups in total. The third-order valence-electron chi connectivity index (χ3n) is 3.73. The Labute approximate surface area is 120 Å². The van der Waals surface area contributed by atoms with Gasteiger partial charge in [0.2, 0.25) is 0 Å². The van der Waals surface area contributed by atoms with Crippen LogP contribution in [0.2, 0.25) is 0 Å². The van der Waals surface area contributed by atoms with Crippen molar-refractivity contribution in [2.24, 2.45) is 5.16 Å². The topological polar surface area (TPSA) is 32.6 Å². The van der Waals surface area contributed by atoms with Crippen molar-refractivity contribution in [2.75, 3.05) is 26.2 Å². The summed E-state index contributed by atoms with van der Waals surface area (Å²) in [6.07, 6.45) is 0. The standard InChI is InChI=1S/C14H22N2O.BrH/c1-4-16(5-2,6-3)12-14(15-17)13-10-8-7-9-11-13;/h7-11H,4-6,12H2,1-3H3;1H/b15-14-;. The summed E-state index contributed by atoms with van der Waals surface area (Å²) in [6.45, 7) is 10.5. The zero-order valence-electron chi connectivity index (χ0n) is 11.4. The van der Waals surface area contributed by atoms with Crippen molar-refractivity contribution >= 4 is 5.71 Å². The van der Waals surface area contributed by atoms with Gasteiger partial charge < -0.3 is 26.7 Å². The average molecular weight is 315 g/mol. The van der Waals surface area contributed by atoms with E-state index >= 15 is 0 Å². The molecule has 0 radical (unpaired) electrons. The predicted molar refractivity (Wildman–Crippen MR) is 71.5 cm³/mol. The van der Waals surface area contributed by atoms with Gasteiger partial charge in [0.25, 0.3) is 0 Å². The molecule has 0 aliphatic rings. The molecule has 0 aliphatic carbocycles. The van der Waals surface area contributed by atoms with Crippen LogP contribution in [0.15, 0.2) is 35.5 Å². The molecule has 4 heteroatoms. The highest BCUT2D eigenvalue weighted by Crippen LogP contribution is 2.10. The molecule has 1 aromatic carbocycles. The van der Waals surface area contributed by atoms with E-state index in [0.29, 0.717) is 0 Å². The first-order valence-corrected chi connectivity index (χ1v) is 6.32. The normalized spacial score (nSPS) is 12.1. The summed E-state index contributed by atoms with van der Waals surface area (Å²) in [5.41, 5.74) is 1.78. The summed E-state index contributed by atoms with van der Waals surface area (Å²) in [5, 5.41) is 12.7. The number of halogens is 1. The van der Waals surface area contributed by atoms with Gasteiger partial charge in [-0.2, -0.15) is 0 Å². The molecule has 0 unspecified atom stereocenters. The van der Waals surface area contributed by atoms with Gasteiger partial charge in [0, 0.05) is 5.56 Å². The lowest BCUT2D eigenvalue weighted by molar-refractivity contribution is -0.914. The number of benzene rings is 1. The third kappa shape index (κ3) is 4.10. The summed E-state index contributed by atoms with van der Waals surface area (Å²) in [7, 11) is 0. The van der Waals surface area contributed by atoms with Crippen molar-refractivity contribution in [1.29, 1.82) is 0 Å². The second-order valence-electron chi connectivity index (χ2n) is 4.36. The monoisotopic (exact) mass is 314 g/mol. The molecule has 1 rings (SSSR count). The van der Waals surface area contributed by atoms with Crippen LogP contribution in [0, 0.1) is 0 Å². The molecule has 0 amide bonds. The van der Waals surface area contributed by atoms with E-state index in [1.54, 1.807) is 0 Å². The van der Waals surface area contributed by atoms with Crippen molar-refractivity contribution in [3.63, 3.8) is 0 Å². The zero-order valence-corrected chi connectivity index (χ0v) is 13.0. The van der Waals surface area contributed by atoms with Gasteiger partial charge in [-0.15, -0.1) is 0 Å². The van der Waals surface area contributed by atoms with E-state index in [9.17, 15) is 5.21 Å². The molecule has 0 saturated heterocycles. The van der Waals surface area contributed by atoms with Gasteiger partial charge in [-0.25, -0.2) is 0 Å². The summed E-state index contributed by atoms with van der Waals surface area (Å²) >= 11 is 0. The van der Waals surface area contributed by atoms with Crippen LogP contribution in [-0.4, -0.2) is 41.6 Å². The first kappa shape index (κ1) is 17.1. The Morgan fingerprint density at radius 3 is 1.94 bits per heavy atom. The van der Waals surface area contributed by atoms with E-state index in [2.05, 4.69) is 25.9 Å². The van der Waals surface area contributed by atoms with Crippen LogP contribution >= 0.6 is 0 Å². The van der Waals surface area contributed by atoms with E-state index < -0.39 is 0 Å². The number of quaternary nitrogens is 1. The summed E-state index contributed by atoms with van der Waals surface area (Å²) in [5.74, 6) is 0. The molecule has 3 nitrogen and oxygen atoms in total. The lowest BCUT2D eigenvalue weighted by Crippen LogP contribution is -3.00. The maximum absolute atomic E-state index is 9.21. The molecule has 0 bridgehead atoms. The SMILES string of the molecule is CC[N+](CC)(CC)C/C(=N/O)c1ccccc1.[Br-]. The predicted octanol–water partition coefficient (Wildman–Crippen LogP) is -0.255. The fraction of sp³-hybridized carbons (Fsp3) is 0.500. The van der Waals surface area contributed by atoms with E-state index in [1.807, 2.05) is 30.3 Å². The van der Waals surface area contributed by atoms with Crippen LogP contribution in [0.25, 0.3) is 0 Å². The van der Waals surface area contributed by atoms with Gasteiger partial charge in [-0.05, 0) is 20.8 Å². The van der Waals surface area contributed by atoms with E-state index in [0.717, 1.165) is 41.9 Å². The molecule has 0 aliphatic heterocycles. The lowest BCUT2D eigenvalue weighted by atomic mass is 10.1. The Balaban J connectivity index is 0.00000289. The van der Waals surface area contributed by atoms with Crippen molar-refractivity contribution in [1.82, 2.24) is 0 Å². The Hall–Kier alpha value is -0.870. The third-order valence-corrected chi connectivity index (χ3v) is 3.73. The van der Waals surface area contributed by atoms with Crippen molar-refractivity contribution in [2.45, 2.75) is 20.8 Å². The van der Waals surface area contributed by atoms with Crippen LogP contribution in [0.5, 0.6) is 0 Å². The number of likely N-dealkylation sites (N-methyl/N-ethyl adjacent to an activating group) is 1. The number of hydrogen-bond acceptors (Lipinski definition) is 2. The Kier molecular flexibility index (Phi) is 7.87. The minimum Gasteiger partial charge on any atom is -1.00 e. The average Bonchev–Trinajstić information content (AvgIpc) is 2.42. The summed E-state index contributed by atoms with van der Waals surface area (Å²) in [6, 6.07) is 9.90. The maximum Gasteiger partial charge on any atom is 0.141 e. The van der Waals surface area contributed by atoms with Crippen LogP contribution in [0.1, 0.15) is 26.3 Å². The Morgan fingerprint density at radius 2 is 1.56 bits per heavy atom. The second kappa shape index (κ2) is 8.27. The fourth-order valence-electron chi connectivity index (χ4n) is 2.14. The molecule has 0 fully saturated rings. The van der Waals surface area contributed by atoms with Gasteiger partial charge in [-0.1, -0.05) is 35.5 Å². The highest BCUT2D eigenvalue weighted by atomic mass is 79.9. The highest BCUT2D eigenvalue weighted by Gasteiger charge is 2.24. The summed E-state index contributed by atoms with van der Waals surface area (Å²) < 4.78 is 0.953. The minimum absolute atomic E-state index is 0. The zero-order chi connectivity index (χ0) is 12.7. The van der Waals surface area contributed by atoms with Crippen molar-refractivity contribution < 1.29 is 26.7 Å².